The Morgan fingerprint density at radius 2 is 1.71 bits per heavy atom. The number of carbonyl (C=O) groups excluding carboxylic acids is 1. The van der Waals surface area contributed by atoms with Crippen molar-refractivity contribution < 1.29 is 9.53 Å². The lowest BCUT2D eigenvalue weighted by molar-refractivity contribution is -0.127. The third-order valence-corrected chi connectivity index (χ3v) is 2.15. The van der Waals surface area contributed by atoms with E-state index in [1.165, 1.54) is 38.5 Å². The van der Waals surface area contributed by atoms with Gasteiger partial charge >= 0.3 is 0 Å². The maximum atomic E-state index is 9.78. The topological polar surface area (TPSA) is 26.3 Å². The average Bonchev–Trinajstić information content (AvgIpc) is 2.21. The summed E-state index contributed by atoms with van der Waals surface area (Å²) in [4.78, 5) is 9.78. The molecule has 0 fully saturated rings. The van der Waals surface area contributed by atoms with E-state index in [4.69, 9.17) is 0 Å². The molecule has 0 aliphatic rings. The van der Waals surface area contributed by atoms with E-state index in [0.717, 1.165) is 6.42 Å². The molecule has 0 aromatic carbocycles. The molecule has 0 N–H and O–H groups in total. The van der Waals surface area contributed by atoms with Crippen molar-refractivity contribution >= 4 is 6.47 Å². The summed E-state index contributed by atoms with van der Waals surface area (Å²) in [5, 5.41) is 0. The summed E-state index contributed by atoms with van der Waals surface area (Å²) in [6.07, 6.45) is 13.1. The van der Waals surface area contributed by atoms with Crippen LogP contribution in [0.2, 0.25) is 0 Å². The Kier molecular flexibility index (Phi) is 11.5. The van der Waals surface area contributed by atoms with Crippen LogP contribution < -0.4 is 0 Å². The Morgan fingerprint density at radius 1 is 1.00 bits per heavy atom. The smallest absolute Gasteiger partial charge is 0.293 e. The van der Waals surface area contributed by atoms with Gasteiger partial charge < -0.3 is 4.74 Å². The van der Waals surface area contributed by atoms with Crippen LogP contribution in [0, 0.1) is 0 Å². The van der Waals surface area contributed by atoms with E-state index in [9.17, 15) is 4.79 Å². The van der Waals surface area contributed by atoms with E-state index in [1.807, 2.05) is 6.08 Å². The standard InChI is InChI=1S/C12H22O2/c1-2-3-4-5-6-7-8-9-10-11-14-12-13/h9-10,12H,2-8,11H2,1H3/b10-9+. The lowest BCUT2D eigenvalue weighted by atomic mass is 10.1. The molecule has 14 heavy (non-hydrogen) atoms. The van der Waals surface area contributed by atoms with Crippen molar-refractivity contribution in [3.63, 3.8) is 0 Å². The largest absolute Gasteiger partial charge is 0.464 e. The van der Waals surface area contributed by atoms with Gasteiger partial charge in [0.2, 0.25) is 0 Å². The van der Waals surface area contributed by atoms with Crippen molar-refractivity contribution in [3.8, 4) is 0 Å². The van der Waals surface area contributed by atoms with Gasteiger partial charge in [-0.15, -0.1) is 0 Å². The Labute approximate surface area is 87.3 Å². The highest BCUT2D eigenvalue weighted by atomic mass is 16.5. The second-order valence-electron chi connectivity index (χ2n) is 3.46. The molecule has 0 heterocycles. The molecule has 0 radical (unpaired) electrons. The Hall–Kier alpha value is -0.790. The minimum Gasteiger partial charge on any atom is -0.464 e. The molecule has 0 aromatic rings. The molecule has 0 saturated heterocycles. The zero-order valence-electron chi connectivity index (χ0n) is 9.21. The van der Waals surface area contributed by atoms with Crippen LogP contribution in [0.3, 0.4) is 0 Å². The first-order valence-corrected chi connectivity index (χ1v) is 5.62. The summed E-state index contributed by atoms with van der Waals surface area (Å²) in [5.74, 6) is 0. The van der Waals surface area contributed by atoms with Gasteiger partial charge in [-0.1, -0.05) is 51.2 Å². The minimum atomic E-state index is 0.416. The van der Waals surface area contributed by atoms with Gasteiger partial charge in [0, 0.05) is 0 Å². The lowest BCUT2D eigenvalue weighted by Gasteiger charge is -1.97. The second kappa shape index (κ2) is 12.2. The molecule has 0 atom stereocenters. The molecule has 0 aliphatic carbocycles. The molecule has 0 amide bonds. The summed E-state index contributed by atoms with van der Waals surface area (Å²) < 4.78 is 4.53. The fraction of sp³-hybridized carbons (Fsp3) is 0.750. The fourth-order valence-corrected chi connectivity index (χ4v) is 1.32. The van der Waals surface area contributed by atoms with Gasteiger partial charge in [0.15, 0.2) is 0 Å². The molecule has 0 aromatic heterocycles. The van der Waals surface area contributed by atoms with Crippen LogP contribution >= 0.6 is 0 Å². The van der Waals surface area contributed by atoms with Gasteiger partial charge in [0.1, 0.15) is 6.61 Å². The van der Waals surface area contributed by atoms with E-state index in [1.54, 1.807) is 0 Å². The first-order valence-electron chi connectivity index (χ1n) is 5.62. The predicted molar refractivity (Wildman–Crippen MR) is 59.1 cm³/mol. The molecule has 0 unspecified atom stereocenters. The van der Waals surface area contributed by atoms with Crippen molar-refractivity contribution in [2.45, 2.75) is 51.9 Å². The zero-order valence-corrected chi connectivity index (χ0v) is 9.21. The summed E-state index contributed by atoms with van der Waals surface area (Å²) in [5.41, 5.74) is 0. The summed E-state index contributed by atoms with van der Waals surface area (Å²) in [6, 6.07) is 0. The molecule has 2 heteroatoms. The second-order valence-corrected chi connectivity index (χ2v) is 3.46. The van der Waals surface area contributed by atoms with Crippen molar-refractivity contribution in [2.75, 3.05) is 6.61 Å². The van der Waals surface area contributed by atoms with E-state index in [-0.39, 0.29) is 0 Å². The fourth-order valence-electron chi connectivity index (χ4n) is 1.32. The van der Waals surface area contributed by atoms with Crippen molar-refractivity contribution in [1.29, 1.82) is 0 Å². The third-order valence-electron chi connectivity index (χ3n) is 2.15. The number of hydrogen-bond donors (Lipinski definition) is 0. The van der Waals surface area contributed by atoms with Crippen molar-refractivity contribution in [1.82, 2.24) is 0 Å². The molecular formula is C12H22O2. The van der Waals surface area contributed by atoms with E-state index in [0.29, 0.717) is 13.1 Å². The van der Waals surface area contributed by atoms with Gasteiger partial charge in [-0.05, 0) is 12.8 Å². The Morgan fingerprint density at radius 3 is 2.43 bits per heavy atom. The highest BCUT2D eigenvalue weighted by Crippen LogP contribution is 2.06. The number of carbonyl (C=O) groups is 1. The maximum Gasteiger partial charge on any atom is 0.293 e. The number of unbranched alkanes of at least 4 members (excludes halogenated alkanes) is 6. The van der Waals surface area contributed by atoms with Gasteiger partial charge in [0.25, 0.3) is 6.47 Å². The molecule has 0 bridgehead atoms. The van der Waals surface area contributed by atoms with Gasteiger partial charge in [-0.2, -0.15) is 0 Å². The van der Waals surface area contributed by atoms with Crippen LogP contribution in [0.4, 0.5) is 0 Å². The highest BCUT2D eigenvalue weighted by molar-refractivity contribution is 5.37. The maximum absolute atomic E-state index is 9.78. The summed E-state index contributed by atoms with van der Waals surface area (Å²) in [6.45, 7) is 3.13. The summed E-state index contributed by atoms with van der Waals surface area (Å²) >= 11 is 0. The lowest BCUT2D eigenvalue weighted by Crippen LogP contribution is -1.85. The Bertz CT molecular complexity index is 141. The first kappa shape index (κ1) is 13.2. The number of ether oxygens (including phenoxy) is 1. The monoisotopic (exact) mass is 198 g/mol. The van der Waals surface area contributed by atoms with Gasteiger partial charge in [-0.25, -0.2) is 0 Å². The predicted octanol–water partition coefficient (Wildman–Crippen LogP) is 3.47. The SMILES string of the molecule is CCCCCCCC/C=C/COC=O. The van der Waals surface area contributed by atoms with Crippen LogP contribution in [0.15, 0.2) is 12.2 Å². The number of allylic oxidation sites excluding steroid dienone is 1. The third kappa shape index (κ3) is 11.2. The van der Waals surface area contributed by atoms with Crippen molar-refractivity contribution in [3.05, 3.63) is 12.2 Å². The van der Waals surface area contributed by atoms with Crippen LogP contribution in [0.5, 0.6) is 0 Å². The van der Waals surface area contributed by atoms with E-state index >= 15 is 0 Å². The minimum absolute atomic E-state index is 0.416. The van der Waals surface area contributed by atoms with Crippen LogP contribution in [-0.2, 0) is 9.53 Å². The quantitative estimate of drug-likeness (QED) is 0.305. The van der Waals surface area contributed by atoms with Gasteiger partial charge in [0.05, 0.1) is 0 Å². The number of hydrogen-bond acceptors (Lipinski definition) is 2. The van der Waals surface area contributed by atoms with E-state index in [2.05, 4.69) is 17.7 Å². The van der Waals surface area contributed by atoms with Crippen LogP contribution in [0.1, 0.15) is 51.9 Å². The van der Waals surface area contributed by atoms with Crippen LogP contribution in [-0.4, -0.2) is 13.1 Å². The first-order chi connectivity index (χ1) is 6.91. The zero-order chi connectivity index (χ0) is 10.5. The molecule has 0 aliphatic heterocycles. The molecule has 82 valence electrons. The molecule has 0 spiro atoms. The normalized spacial score (nSPS) is 10.6. The average molecular weight is 198 g/mol. The number of rotatable bonds is 10. The van der Waals surface area contributed by atoms with Crippen LogP contribution in [0.25, 0.3) is 0 Å². The van der Waals surface area contributed by atoms with E-state index < -0.39 is 0 Å². The molecule has 0 rings (SSSR count). The molecule has 0 saturated carbocycles. The van der Waals surface area contributed by atoms with Crippen molar-refractivity contribution in [2.24, 2.45) is 0 Å². The van der Waals surface area contributed by atoms with Gasteiger partial charge in [-0.3, -0.25) is 4.79 Å². The molecule has 2 nitrogen and oxygen atoms in total. The Balaban J connectivity index is 2.97. The molecular weight excluding hydrogens is 176 g/mol. The summed E-state index contributed by atoms with van der Waals surface area (Å²) in [7, 11) is 0. The highest BCUT2D eigenvalue weighted by Gasteiger charge is 1.87.